The van der Waals surface area contributed by atoms with Gasteiger partial charge < -0.3 is 15.1 Å². The van der Waals surface area contributed by atoms with Gasteiger partial charge in [0.2, 0.25) is 11.8 Å². The first kappa shape index (κ1) is 31.2. The molecule has 5 rings (SSSR count). The second-order valence-corrected chi connectivity index (χ2v) is 12.4. The second-order valence-electron chi connectivity index (χ2n) is 12.4. The molecule has 0 spiro atoms. The summed E-state index contributed by atoms with van der Waals surface area (Å²) in [6.45, 7) is 13.6. The highest BCUT2D eigenvalue weighted by Gasteiger charge is 2.42. The normalized spacial score (nSPS) is 21.2. The largest absolute Gasteiger partial charge is 0.416 e. The van der Waals surface area contributed by atoms with Crippen LogP contribution in [0.5, 0.6) is 0 Å². The Kier molecular flexibility index (Phi) is 8.75. The number of likely N-dealkylation sites (N-methyl/N-ethyl adjacent to an activating group) is 2. The Labute approximate surface area is 251 Å². The van der Waals surface area contributed by atoms with E-state index in [1.807, 2.05) is 32.2 Å². The summed E-state index contributed by atoms with van der Waals surface area (Å²) in [5.74, 6) is -0.925. The van der Waals surface area contributed by atoms with Crippen LogP contribution in [0.25, 0.3) is 0 Å². The number of benzene rings is 1. The molecular formula is C31H42F3N7O2. The van der Waals surface area contributed by atoms with Crippen molar-refractivity contribution in [3.8, 4) is 0 Å². The van der Waals surface area contributed by atoms with Gasteiger partial charge in [0, 0.05) is 84.1 Å². The molecule has 3 saturated heterocycles. The number of alkyl halides is 3. The molecule has 9 nitrogen and oxygen atoms in total. The summed E-state index contributed by atoms with van der Waals surface area (Å²) in [4.78, 5) is 40.9. The van der Waals surface area contributed by atoms with E-state index in [9.17, 15) is 22.8 Å². The second kappa shape index (κ2) is 12.0. The number of carbonyl (C=O) groups is 2. The molecule has 234 valence electrons. The van der Waals surface area contributed by atoms with E-state index in [2.05, 4.69) is 31.9 Å². The predicted octanol–water partition coefficient (Wildman–Crippen LogP) is 3.29. The maximum atomic E-state index is 13.9. The van der Waals surface area contributed by atoms with Gasteiger partial charge in [0.25, 0.3) is 0 Å². The smallest absolute Gasteiger partial charge is 0.371 e. The number of hydrogen-bond donors (Lipinski definition) is 1. The summed E-state index contributed by atoms with van der Waals surface area (Å²) in [7, 11) is 3.68. The fourth-order valence-corrected chi connectivity index (χ4v) is 6.52. The number of carbonyl (C=O) groups excluding carboxylic acids is 2. The van der Waals surface area contributed by atoms with Gasteiger partial charge in [0.15, 0.2) is 0 Å². The zero-order valence-electron chi connectivity index (χ0n) is 25.7. The van der Waals surface area contributed by atoms with Gasteiger partial charge in [-0.25, -0.2) is 4.98 Å². The highest BCUT2D eigenvalue weighted by atomic mass is 19.4. The number of piperazine rings is 1. The lowest BCUT2D eigenvalue weighted by Gasteiger charge is -2.51. The van der Waals surface area contributed by atoms with Gasteiger partial charge in [-0.3, -0.25) is 24.3 Å². The van der Waals surface area contributed by atoms with Crippen molar-refractivity contribution >= 4 is 29.0 Å². The number of halogens is 3. The van der Waals surface area contributed by atoms with Gasteiger partial charge in [-0.15, -0.1) is 0 Å². The van der Waals surface area contributed by atoms with E-state index in [-0.39, 0.29) is 35.8 Å². The summed E-state index contributed by atoms with van der Waals surface area (Å²) in [6, 6.07) is 6.60. The van der Waals surface area contributed by atoms with Gasteiger partial charge in [-0.05, 0) is 51.0 Å². The first-order valence-corrected chi connectivity index (χ1v) is 14.9. The van der Waals surface area contributed by atoms with Crippen molar-refractivity contribution in [3.63, 3.8) is 0 Å². The van der Waals surface area contributed by atoms with Crippen LogP contribution < -0.4 is 20.0 Å². The maximum absolute atomic E-state index is 13.9. The quantitative estimate of drug-likeness (QED) is 0.498. The topological polar surface area (TPSA) is 75.3 Å². The number of rotatable bonds is 8. The summed E-state index contributed by atoms with van der Waals surface area (Å²) in [6.07, 6.45) is -4.33. The van der Waals surface area contributed by atoms with E-state index < -0.39 is 23.7 Å². The van der Waals surface area contributed by atoms with Crippen molar-refractivity contribution in [3.05, 3.63) is 47.2 Å². The van der Waals surface area contributed by atoms with Crippen LogP contribution in [0.3, 0.4) is 0 Å². The highest BCUT2D eigenvalue weighted by Crippen LogP contribution is 2.36. The Bertz CT molecular complexity index is 1360. The molecule has 0 aliphatic carbocycles. The first-order valence-electron chi connectivity index (χ1n) is 14.9. The van der Waals surface area contributed by atoms with Gasteiger partial charge in [0.1, 0.15) is 11.9 Å². The van der Waals surface area contributed by atoms with Crippen molar-refractivity contribution in [1.82, 2.24) is 20.1 Å². The van der Waals surface area contributed by atoms with E-state index in [4.69, 9.17) is 0 Å². The Hall–Kier alpha value is -3.22. The Morgan fingerprint density at radius 1 is 1.12 bits per heavy atom. The van der Waals surface area contributed by atoms with Crippen molar-refractivity contribution in [2.75, 3.05) is 81.2 Å². The monoisotopic (exact) mass is 601 g/mol. The maximum Gasteiger partial charge on any atom is 0.416 e. The van der Waals surface area contributed by atoms with Crippen LogP contribution in [0, 0.1) is 13.8 Å². The van der Waals surface area contributed by atoms with Gasteiger partial charge in [-0.1, -0.05) is 12.1 Å². The minimum Gasteiger partial charge on any atom is -0.371 e. The average molecular weight is 602 g/mol. The van der Waals surface area contributed by atoms with Crippen molar-refractivity contribution in [2.45, 2.75) is 51.4 Å². The van der Waals surface area contributed by atoms with E-state index in [1.54, 1.807) is 7.05 Å². The third-order valence-electron chi connectivity index (χ3n) is 9.20. The molecule has 4 heterocycles. The number of hydrogen-bond acceptors (Lipinski definition) is 7. The number of aromatic nitrogens is 1. The fraction of sp³-hybridized carbons (Fsp3) is 0.581. The molecule has 3 aliphatic heterocycles. The van der Waals surface area contributed by atoms with E-state index in [0.717, 1.165) is 80.6 Å². The fourth-order valence-electron chi connectivity index (χ4n) is 6.52. The lowest BCUT2D eigenvalue weighted by Crippen LogP contribution is -2.70. The SMILES string of the molecule is Cc1cc(C(F)(F)F)cc(N2C(=O)CCC2C(=O)N(C)c2cccc(C)c2N(C)CCN2CCN(C3(C)CNC3)CC2)n1. The summed E-state index contributed by atoms with van der Waals surface area (Å²) in [5.41, 5.74) is 2.11. The summed E-state index contributed by atoms with van der Waals surface area (Å²) in [5, 5.41) is 3.38. The molecule has 1 N–H and O–H groups in total. The van der Waals surface area contributed by atoms with Crippen LogP contribution >= 0.6 is 0 Å². The molecule has 3 aliphatic rings. The lowest BCUT2D eigenvalue weighted by molar-refractivity contribution is -0.137. The Morgan fingerprint density at radius 2 is 1.81 bits per heavy atom. The molecule has 2 amide bonds. The molecular weight excluding hydrogens is 559 g/mol. The summed E-state index contributed by atoms with van der Waals surface area (Å²) >= 11 is 0. The van der Waals surface area contributed by atoms with Gasteiger partial charge in [-0.2, -0.15) is 13.2 Å². The van der Waals surface area contributed by atoms with Crippen molar-refractivity contribution in [2.24, 2.45) is 0 Å². The summed E-state index contributed by atoms with van der Waals surface area (Å²) < 4.78 is 40.6. The van der Waals surface area contributed by atoms with Crippen LogP contribution in [0.15, 0.2) is 30.3 Å². The zero-order valence-corrected chi connectivity index (χ0v) is 25.7. The zero-order chi connectivity index (χ0) is 31.1. The van der Waals surface area contributed by atoms with Crippen molar-refractivity contribution < 1.29 is 22.8 Å². The molecule has 0 bridgehead atoms. The first-order chi connectivity index (χ1) is 20.3. The molecule has 0 radical (unpaired) electrons. The number of nitrogens with one attached hydrogen (secondary N) is 1. The molecule has 0 saturated carbocycles. The number of para-hydroxylation sites is 1. The highest BCUT2D eigenvalue weighted by molar-refractivity contribution is 6.09. The number of nitrogens with zero attached hydrogens (tertiary/aromatic N) is 6. The van der Waals surface area contributed by atoms with Crippen LogP contribution in [0.4, 0.5) is 30.4 Å². The molecule has 12 heteroatoms. The Morgan fingerprint density at radius 3 is 2.44 bits per heavy atom. The molecule has 2 aromatic rings. The van der Waals surface area contributed by atoms with Crippen LogP contribution in [-0.2, 0) is 15.8 Å². The molecule has 3 fully saturated rings. The van der Waals surface area contributed by atoms with Crippen LogP contribution in [0.2, 0.25) is 0 Å². The number of pyridine rings is 1. The van der Waals surface area contributed by atoms with E-state index in [1.165, 1.54) is 11.8 Å². The van der Waals surface area contributed by atoms with Crippen LogP contribution in [0.1, 0.15) is 36.6 Å². The number of anilines is 3. The molecule has 1 aromatic heterocycles. The van der Waals surface area contributed by atoms with Crippen LogP contribution in [-0.4, -0.2) is 105 Å². The minimum atomic E-state index is -4.59. The third-order valence-corrected chi connectivity index (χ3v) is 9.20. The number of aryl methyl sites for hydroxylation is 2. The standard InChI is InChI=1S/C31H42F3N7O2/c1-21-7-6-8-24(28(21)37(4)11-12-39-13-15-40(16-14-39)30(3)19-35-20-30)38(5)29(43)25-9-10-27(42)41(25)26-18-23(31(32,33)34)17-22(2)36-26/h6-8,17-18,25,35H,9-16,19-20H2,1-5H3. The predicted molar refractivity (Wildman–Crippen MR) is 162 cm³/mol. The molecule has 1 atom stereocenters. The molecule has 1 unspecified atom stereocenters. The average Bonchev–Trinajstić information content (AvgIpc) is 3.34. The van der Waals surface area contributed by atoms with E-state index >= 15 is 0 Å². The minimum absolute atomic E-state index is 0.0602. The number of amides is 2. The molecule has 1 aromatic carbocycles. The van der Waals surface area contributed by atoms with Gasteiger partial charge in [0.05, 0.1) is 16.9 Å². The third kappa shape index (κ3) is 6.37. The Balaban J connectivity index is 1.30. The van der Waals surface area contributed by atoms with E-state index in [0.29, 0.717) is 5.69 Å². The van der Waals surface area contributed by atoms with Gasteiger partial charge >= 0.3 is 6.18 Å². The van der Waals surface area contributed by atoms with Crippen molar-refractivity contribution in [1.29, 1.82) is 0 Å². The lowest BCUT2D eigenvalue weighted by atomic mass is 9.92. The molecule has 43 heavy (non-hydrogen) atoms.